The van der Waals surface area contributed by atoms with Crippen LogP contribution in [0.15, 0.2) is 35.6 Å². The van der Waals surface area contributed by atoms with E-state index in [2.05, 4.69) is 20.3 Å². The fraction of sp³-hybridized carbons (Fsp3) is 0.429. The largest absolute Gasteiger partial charge is 0.496 e. The zero-order valence-electron chi connectivity index (χ0n) is 17.3. The van der Waals surface area contributed by atoms with E-state index < -0.39 is 0 Å². The maximum atomic E-state index is 12.5. The number of piperidine rings is 1. The summed E-state index contributed by atoms with van der Waals surface area (Å²) in [5.41, 5.74) is 1.33. The van der Waals surface area contributed by atoms with Gasteiger partial charge in [-0.05, 0) is 37.7 Å². The van der Waals surface area contributed by atoms with Crippen LogP contribution in [-0.2, 0) is 6.54 Å². The van der Waals surface area contributed by atoms with Crippen LogP contribution in [0.1, 0.15) is 29.6 Å². The number of carbonyl (C=O) groups is 1. The second-order valence-corrected chi connectivity index (χ2v) is 7.92. The molecule has 3 aromatic rings. The molecule has 3 heterocycles. The number of nitrogens with one attached hydrogen (secondary N) is 1. The van der Waals surface area contributed by atoms with Crippen LogP contribution < -0.4 is 15.0 Å². The summed E-state index contributed by atoms with van der Waals surface area (Å²) in [6, 6.07) is 7.19. The zero-order valence-corrected chi connectivity index (χ0v) is 18.1. The molecule has 158 valence electrons. The number of carbonyl (C=O) groups excluding carboxylic acids is 1. The van der Waals surface area contributed by atoms with Gasteiger partial charge in [-0.2, -0.15) is 5.10 Å². The normalized spacial score (nSPS) is 14.1. The second-order valence-electron chi connectivity index (χ2n) is 7.14. The Hall–Kier alpha value is -2.81. The van der Waals surface area contributed by atoms with Crippen LogP contribution in [0.2, 0.25) is 0 Å². The molecular weight excluding hydrogens is 400 g/mol. The molecule has 1 aliphatic rings. The Bertz CT molecular complexity index is 1030. The first-order valence-electron chi connectivity index (χ1n) is 10.1. The topological polar surface area (TPSA) is 85.2 Å². The number of benzene rings is 1. The number of hydrogen-bond acceptors (Lipinski definition) is 7. The van der Waals surface area contributed by atoms with Crippen molar-refractivity contribution >= 4 is 34.5 Å². The van der Waals surface area contributed by atoms with Crippen molar-refractivity contribution in [1.29, 1.82) is 0 Å². The Kier molecular flexibility index (Phi) is 6.37. The molecular formula is C21H26N6O2S. The molecule has 0 unspecified atom stereocenters. The van der Waals surface area contributed by atoms with E-state index in [1.807, 2.05) is 29.3 Å². The first-order chi connectivity index (χ1) is 14.7. The third-order valence-corrected chi connectivity index (χ3v) is 5.80. The molecule has 1 aliphatic heterocycles. The number of hydrogen-bond donors (Lipinski definition) is 1. The second kappa shape index (κ2) is 9.34. The summed E-state index contributed by atoms with van der Waals surface area (Å²) in [5, 5.41) is 9.18. The van der Waals surface area contributed by atoms with Gasteiger partial charge in [-0.25, -0.2) is 14.6 Å². The number of fused-ring (bicyclic) bond motifs is 1. The molecule has 1 amide bonds. The molecule has 0 aliphatic carbocycles. The number of nitrogens with zero attached hydrogens (tertiary/aromatic N) is 5. The van der Waals surface area contributed by atoms with Gasteiger partial charge in [-0.3, -0.25) is 4.79 Å². The number of anilines is 1. The molecule has 1 N–H and O–H groups in total. The molecule has 0 radical (unpaired) electrons. The van der Waals surface area contributed by atoms with Gasteiger partial charge in [0.25, 0.3) is 5.91 Å². The van der Waals surface area contributed by atoms with Crippen LogP contribution in [0, 0.1) is 0 Å². The van der Waals surface area contributed by atoms with Crippen molar-refractivity contribution in [2.75, 3.05) is 37.9 Å². The molecule has 4 rings (SSSR count). The lowest BCUT2D eigenvalue weighted by Gasteiger charge is -2.28. The third-order valence-electron chi connectivity index (χ3n) is 5.25. The molecule has 9 heteroatoms. The lowest BCUT2D eigenvalue weighted by atomic mass is 10.1. The summed E-state index contributed by atoms with van der Waals surface area (Å²) in [4.78, 5) is 24.3. The first kappa shape index (κ1) is 20.5. The van der Waals surface area contributed by atoms with Crippen LogP contribution in [0.5, 0.6) is 5.75 Å². The minimum atomic E-state index is -0.169. The number of para-hydroxylation sites is 1. The summed E-state index contributed by atoms with van der Waals surface area (Å²) in [5.74, 6) is 1.36. The van der Waals surface area contributed by atoms with E-state index in [0.717, 1.165) is 35.1 Å². The molecule has 1 aromatic carbocycles. The molecule has 0 bridgehead atoms. The Balaban J connectivity index is 1.51. The van der Waals surface area contributed by atoms with Gasteiger partial charge in [0.1, 0.15) is 11.6 Å². The SMILES string of the molecule is COc1ccccc1C(=O)NCCn1ncc2c(N3CCCCC3)nc(SC)nc21. The predicted octanol–water partition coefficient (Wildman–Crippen LogP) is 2.98. The average molecular weight is 427 g/mol. The summed E-state index contributed by atoms with van der Waals surface area (Å²) >= 11 is 1.53. The Labute approximate surface area is 180 Å². The lowest BCUT2D eigenvalue weighted by Crippen LogP contribution is -2.30. The molecule has 8 nitrogen and oxygen atoms in total. The van der Waals surface area contributed by atoms with E-state index in [4.69, 9.17) is 9.72 Å². The van der Waals surface area contributed by atoms with E-state index in [1.165, 1.54) is 31.0 Å². The van der Waals surface area contributed by atoms with Gasteiger partial charge in [-0.15, -0.1) is 0 Å². The third kappa shape index (κ3) is 4.21. The van der Waals surface area contributed by atoms with Crippen LogP contribution >= 0.6 is 11.8 Å². The smallest absolute Gasteiger partial charge is 0.255 e. The fourth-order valence-corrected chi connectivity index (χ4v) is 4.08. The van der Waals surface area contributed by atoms with Crippen molar-refractivity contribution in [3.63, 3.8) is 0 Å². The van der Waals surface area contributed by atoms with Crippen LogP contribution in [0.3, 0.4) is 0 Å². The summed E-state index contributed by atoms with van der Waals surface area (Å²) in [6.45, 7) is 2.99. The highest BCUT2D eigenvalue weighted by Gasteiger charge is 2.20. The molecule has 2 aromatic heterocycles. The van der Waals surface area contributed by atoms with E-state index in [0.29, 0.717) is 24.4 Å². The number of thioether (sulfide) groups is 1. The number of amides is 1. The van der Waals surface area contributed by atoms with Gasteiger partial charge in [0.2, 0.25) is 0 Å². The van der Waals surface area contributed by atoms with E-state index >= 15 is 0 Å². The fourth-order valence-electron chi connectivity index (χ4n) is 3.73. The predicted molar refractivity (Wildman–Crippen MR) is 118 cm³/mol. The summed E-state index contributed by atoms with van der Waals surface area (Å²) in [7, 11) is 1.56. The van der Waals surface area contributed by atoms with Gasteiger partial charge in [-0.1, -0.05) is 23.9 Å². The van der Waals surface area contributed by atoms with Crippen LogP contribution in [0.4, 0.5) is 5.82 Å². The molecule has 0 spiro atoms. The molecule has 0 saturated carbocycles. The van der Waals surface area contributed by atoms with Crippen molar-refractivity contribution in [3.8, 4) is 5.75 Å². The summed E-state index contributed by atoms with van der Waals surface area (Å²) in [6.07, 6.45) is 7.46. The van der Waals surface area contributed by atoms with Crippen molar-refractivity contribution in [3.05, 3.63) is 36.0 Å². The standard InChI is InChI=1S/C21H26N6O2S/c1-29-17-9-5-4-8-15(17)20(28)22-10-13-27-19-16(14-23-27)18(24-21(25-19)30-2)26-11-6-3-7-12-26/h4-5,8-9,14H,3,6-7,10-13H2,1-2H3,(H,22,28). The maximum Gasteiger partial charge on any atom is 0.255 e. The molecule has 0 atom stereocenters. The zero-order chi connectivity index (χ0) is 20.9. The van der Waals surface area contributed by atoms with Crippen LogP contribution in [0.25, 0.3) is 11.0 Å². The monoisotopic (exact) mass is 426 g/mol. The number of rotatable bonds is 7. The maximum absolute atomic E-state index is 12.5. The quantitative estimate of drug-likeness (QED) is 0.459. The Morgan fingerprint density at radius 3 is 2.77 bits per heavy atom. The number of aromatic nitrogens is 4. The number of methoxy groups -OCH3 is 1. The van der Waals surface area contributed by atoms with E-state index in [9.17, 15) is 4.79 Å². The van der Waals surface area contributed by atoms with E-state index in [1.54, 1.807) is 19.2 Å². The number of ether oxygens (including phenoxy) is 1. The van der Waals surface area contributed by atoms with E-state index in [-0.39, 0.29) is 5.91 Å². The van der Waals surface area contributed by atoms with Crippen molar-refractivity contribution < 1.29 is 9.53 Å². The van der Waals surface area contributed by atoms with Gasteiger partial charge >= 0.3 is 0 Å². The highest BCUT2D eigenvalue weighted by atomic mass is 32.2. The highest BCUT2D eigenvalue weighted by Crippen LogP contribution is 2.28. The molecule has 1 saturated heterocycles. The van der Waals surface area contributed by atoms with Crippen molar-refractivity contribution in [1.82, 2.24) is 25.1 Å². The summed E-state index contributed by atoms with van der Waals surface area (Å²) < 4.78 is 7.11. The first-order valence-corrected chi connectivity index (χ1v) is 11.4. The van der Waals surface area contributed by atoms with Crippen molar-refractivity contribution in [2.24, 2.45) is 0 Å². The highest BCUT2D eigenvalue weighted by molar-refractivity contribution is 7.98. The van der Waals surface area contributed by atoms with Gasteiger partial charge < -0.3 is 15.0 Å². The average Bonchev–Trinajstić information content (AvgIpc) is 3.21. The van der Waals surface area contributed by atoms with Crippen LogP contribution in [-0.4, -0.2) is 58.7 Å². The minimum Gasteiger partial charge on any atom is -0.496 e. The Morgan fingerprint density at radius 2 is 2.00 bits per heavy atom. The van der Waals surface area contributed by atoms with Gasteiger partial charge in [0.05, 0.1) is 30.8 Å². The lowest BCUT2D eigenvalue weighted by molar-refractivity contribution is 0.0949. The molecule has 30 heavy (non-hydrogen) atoms. The van der Waals surface area contributed by atoms with Gasteiger partial charge in [0.15, 0.2) is 10.8 Å². The molecule has 1 fully saturated rings. The van der Waals surface area contributed by atoms with Crippen molar-refractivity contribution in [2.45, 2.75) is 31.0 Å². The Morgan fingerprint density at radius 1 is 1.20 bits per heavy atom. The van der Waals surface area contributed by atoms with Gasteiger partial charge in [0, 0.05) is 19.6 Å². The minimum absolute atomic E-state index is 0.169.